The molecule has 0 aliphatic rings. The smallest absolute Gasteiger partial charge is 0.126 e. The zero-order valence-corrected chi connectivity index (χ0v) is 12.4. The molecule has 0 aliphatic heterocycles. The van der Waals surface area contributed by atoms with Crippen LogP contribution < -0.4 is 5.32 Å². The van der Waals surface area contributed by atoms with Gasteiger partial charge in [0, 0.05) is 10.7 Å². The van der Waals surface area contributed by atoms with E-state index in [1.807, 2.05) is 6.92 Å². The van der Waals surface area contributed by atoms with E-state index in [1.54, 1.807) is 24.3 Å². The van der Waals surface area contributed by atoms with Crippen LogP contribution in [0, 0.1) is 5.82 Å². The number of hydrogen-bond acceptors (Lipinski definition) is 1. The summed E-state index contributed by atoms with van der Waals surface area (Å²) in [4.78, 5) is 0. The van der Waals surface area contributed by atoms with Crippen LogP contribution in [0.5, 0.6) is 0 Å². The molecule has 1 N–H and O–H groups in total. The van der Waals surface area contributed by atoms with E-state index in [9.17, 15) is 4.39 Å². The predicted molar refractivity (Wildman–Crippen MR) is 80.5 cm³/mol. The lowest BCUT2D eigenvalue weighted by Gasteiger charge is -2.12. The van der Waals surface area contributed by atoms with E-state index in [1.165, 1.54) is 6.07 Å². The fourth-order valence-electron chi connectivity index (χ4n) is 1.73. The molecule has 2 rings (SSSR count). The number of anilines is 2. The van der Waals surface area contributed by atoms with Crippen LogP contribution >= 0.6 is 34.8 Å². The summed E-state index contributed by atoms with van der Waals surface area (Å²) >= 11 is 18.0. The molecule has 0 fully saturated rings. The zero-order valence-electron chi connectivity index (χ0n) is 10.1. The van der Waals surface area contributed by atoms with Gasteiger partial charge in [0.05, 0.1) is 15.7 Å². The van der Waals surface area contributed by atoms with Gasteiger partial charge in [-0.15, -0.1) is 0 Å². The molecule has 2 aromatic carbocycles. The number of benzene rings is 2. The van der Waals surface area contributed by atoms with Crippen molar-refractivity contribution in [2.24, 2.45) is 0 Å². The first-order valence-electron chi connectivity index (χ1n) is 5.71. The maximum atomic E-state index is 13.4. The normalized spacial score (nSPS) is 10.6. The predicted octanol–water partition coefficient (Wildman–Crippen LogP) is 6.09. The highest BCUT2D eigenvalue weighted by atomic mass is 35.5. The Morgan fingerprint density at radius 2 is 1.68 bits per heavy atom. The molecule has 0 spiro atoms. The fraction of sp³-hybridized carbons (Fsp3) is 0.143. The Balaban J connectivity index is 2.36. The molecule has 0 unspecified atom stereocenters. The van der Waals surface area contributed by atoms with Crippen LogP contribution in [0.25, 0.3) is 0 Å². The van der Waals surface area contributed by atoms with E-state index in [2.05, 4.69) is 5.32 Å². The Bertz CT molecular complexity index is 591. The Kier molecular flexibility index (Phi) is 4.56. The van der Waals surface area contributed by atoms with Gasteiger partial charge in [0.25, 0.3) is 0 Å². The average molecular weight is 319 g/mol. The molecule has 0 amide bonds. The van der Waals surface area contributed by atoms with E-state index in [-0.39, 0.29) is 5.82 Å². The van der Waals surface area contributed by atoms with E-state index in [4.69, 9.17) is 34.8 Å². The fourth-order valence-corrected chi connectivity index (χ4v) is 2.64. The molecule has 19 heavy (non-hydrogen) atoms. The third-order valence-electron chi connectivity index (χ3n) is 2.70. The minimum Gasteiger partial charge on any atom is -0.353 e. The zero-order chi connectivity index (χ0) is 14.0. The van der Waals surface area contributed by atoms with Gasteiger partial charge in [0.2, 0.25) is 0 Å². The first-order chi connectivity index (χ1) is 9.01. The Labute approximate surface area is 126 Å². The highest BCUT2D eigenvalue weighted by Gasteiger charge is 2.09. The quantitative estimate of drug-likeness (QED) is 0.722. The first kappa shape index (κ1) is 14.4. The molecule has 0 saturated carbocycles. The van der Waals surface area contributed by atoms with Crippen molar-refractivity contribution < 1.29 is 4.39 Å². The van der Waals surface area contributed by atoms with Crippen molar-refractivity contribution in [1.82, 2.24) is 0 Å². The van der Waals surface area contributed by atoms with Crippen LogP contribution in [0.1, 0.15) is 12.5 Å². The molecule has 0 radical (unpaired) electrons. The van der Waals surface area contributed by atoms with Crippen LogP contribution in [0.4, 0.5) is 15.8 Å². The first-order valence-corrected chi connectivity index (χ1v) is 6.84. The van der Waals surface area contributed by atoms with Crippen LogP contribution in [0.2, 0.25) is 15.1 Å². The van der Waals surface area contributed by atoms with Crippen molar-refractivity contribution in [3.05, 3.63) is 56.8 Å². The summed E-state index contributed by atoms with van der Waals surface area (Å²) in [5.74, 6) is -0.221. The lowest BCUT2D eigenvalue weighted by atomic mass is 10.1. The van der Waals surface area contributed by atoms with Crippen LogP contribution in [-0.4, -0.2) is 0 Å². The summed E-state index contributed by atoms with van der Waals surface area (Å²) in [5.41, 5.74) is 1.91. The Hall–Kier alpha value is -0.960. The molecule has 2 aromatic rings. The monoisotopic (exact) mass is 317 g/mol. The van der Waals surface area contributed by atoms with Gasteiger partial charge in [-0.1, -0.05) is 41.7 Å². The molecule has 0 saturated heterocycles. The van der Waals surface area contributed by atoms with Crippen LogP contribution in [0.15, 0.2) is 30.3 Å². The Morgan fingerprint density at radius 3 is 2.26 bits per heavy atom. The lowest BCUT2D eigenvalue weighted by Crippen LogP contribution is -1.95. The second-order valence-electron chi connectivity index (χ2n) is 4.03. The SMILES string of the molecule is CCc1cc(Nc2c(Cl)cc(Cl)cc2Cl)ccc1F. The summed E-state index contributed by atoms with van der Waals surface area (Å²) in [5, 5.41) is 4.38. The Morgan fingerprint density at radius 1 is 1.05 bits per heavy atom. The summed E-state index contributed by atoms with van der Waals surface area (Å²) in [6.45, 7) is 1.89. The van der Waals surface area contributed by atoms with Crippen molar-refractivity contribution in [2.75, 3.05) is 5.32 Å². The summed E-state index contributed by atoms with van der Waals surface area (Å²) in [6.07, 6.45) is 0.615. The molecule has 0 aliphatic carbocycles. The molecular formula is C14H11Cl3FN. The van der Waals surface area contributed by atoms with E-state index in [0.717, 1.165) is 5.69 Å². The van der Waals surface area contributed by atoms with E-state index in [0.29, 0.717) is 32.7 Å². The van der Waals surface area contributed by atoms with Gasteiger partial charge < -0.3 is 5.32 Å². The number of halogens is 4. The second-order valence-corrected chi connectivity index (χ2v) is 5.28. The van der Waals surface area contributed by atoms with Gasteiger partial charge in [-0.3, -0.25) is 0 Å². The highest BCUT2D eigenvalue weighted by molar-refractivity contribution is 6.41. The number of aryl methyl sites for hydroxylation is 1. The number of nitrogens with one attached hydrogen (secondary N) is 1. The molecule has 0 heterocycles. The molecule has 100 valence electrons. The van der Waals surface area contributed by atoms with Crippen LogP contribution in [0.3, 0.4) is 0 Å². The van der Waals surface area contributed by atoms with Crippen molar-refractivity contribution in [3.8, 4) is 0 Å². The molecule has 0 bridgehead atoms. The molecule has 0 atom stereocenters. The molecular weight excluding hydrogens is 308 g/mol. The summed E-state index contributed by atoms with van der Waals surface area (Å²) in [6, 6.07) is 7.98. The van der Waals surface area contributed by atoms with Gasteiger partial charge in [-0.05, 0) is 42.3 Å². The lowest BCUT2D eigenvalue weighted by molar-refractivity contribution is 0.612. The largest absolute Gasteiger partial charge is 0.353 e. The minimum absolute atomic E-state index is 0.221. The number of hydrogen-bond donors (Lipinski definition) is 1. The second kappa shape index (κ2) is 6.00. The number of rotatable bonds is 3. The summed E-state index contributed by atoms with van der Waals surface area (Å²) < 4.78 is 13.4. The molecule has 5 heteroatoms. The minimum atomic E-state index is -0.221. The van der Waals surface area contributed by atoms with Gasteiger partial charge in [0.15, 0.2) is 0 Å². The van der Waals surface area contributed by atoms with Gasteiger partial charge in [-0.2, -0.15) is 0 Å². The molecule has 1 nitrogen and oxygen atoms in total. The van der Waals surface area contributed by atoms with E-state index >= 15 is 0 Å². The third kappa shape index (κ3) is 3.33. The van der Waals surface area contributed by atoms with Gasteiger partial charge >= 0.3 is 0 Å². The third-order valence-corrected chi connectivity index (χ3v) is 3.52. The molecule has 0 aromatic heterocycles. The highest BCUT2D eigenvalue weighted by Crippen LogP contribution is 2.35. The van der Waals surface area contributed by atoms with Crippen LogP contribution in [-0.2, 0) is 6.42 Å². The average Bonchev–Trinajstić information content (AvgIpc) is 2.35. The maximum absolute atomic E-state index is 13.4. The van der Waals surface area contributed by atoms with Gasteiger partial charge in [-0.25, -0.2) is 4.39 Å². The van der Waals surface area contributed by atoms with Crippen molar-refractivity contribution >= 4 is 46.2 Å². The van der Waals surface area contributed by atoms with Gasteiger partial charge in [0.1, 0.15) is 5.82 Å². The maximum Gasteiger partial charge on any atom is 0.126 e. The van der Waals surface area contributed by atoms with E-state index < -0.39 is 0 Å². The standard InChI is InChI=1S/C14H11Cl3FN/c1-2-8-5-10(3-4-13(8)18)19-14-11(16)6-9(15)7-12(14)17/h3-7,19H,2H2,1H3. The topological polar surface area (TPSA) is 12.0 Å². The van der Waals surface area contributed by atoms with Crippen molar-refractivity contribution in [3.63, 3.8) is 0 Å². The summed E-state index contributed by atoms with van der Waals surface area (Å²) in [7, 11) is 0. The van der Waals surface area contributed by atoms with Crippen molar-refractivity contribution in [2.45, 2.75) is 13.3 Å². The van der Waals surface area contributed by atoms with Crippen molar-refractivity contribution in [1.29, 1.82) is 0 Å².